The van der Waals surface area contributed by atoms with E-state index in [1.165, 1.54) is 0 Å². The van der Waals surface area contributed by atoms with Crippen molar-refractivity contribution in [2.24, 2.45) is 0 Å². The van der Waals surface area contributed by atoms with Crippen molar-refractivity contribution in [3.8, 4) is 16.9 Å². The third-order valence-corrected chi connectivity index (χ3v) is 7.34. The first-order valence-electron chi connectivity index (χ1n) is 7.19. The number of benzene rings is 3. The Hall–Kier alpha value is -2.31. The van der Waals surface area contributed by atoms with Crippen LogP contribution in [0, 0.1) is 0 Å². The molecule has 3 aromatic rings. The average molecular weight is 306 g/mol. The summed E-state index contributed by atoms with van der Waals surface area (Å²) in [7, 11) is -1.19. The van der Waals surface area contributed by atoms with Gasteiger partial charge in [-0.15, -0.1) is 0 Å². The predicted octanol–water partition coefficient (Wildman–Crippen LogP) is 3.32. The van der Waals surface area contributed by atoms with Gasteiger partial charge in [0.25, 0.3) is 0 Å². The molecule has 0 fully saturated rings. The summed E-state index contributed by atoms with van der Waals surface area (Å²) in [6.45, 7) is 0. The summed E-state index contributed by atoms with van der Waals surface area (Å²) in [4.78, 5) is 0. The molecule has 3 heteroatoms. The van der Waals surface area contributed by atoms with Crippen molar-refractivity contribution in [2.75, 3.05) is 7.11 Å². The number of fused-ring (bicyclic) bond motifs is 3. The molecular weight excluding hydrogens is 291 g/mol. The van der Waals surface area contributed by atoms with E-state index in [4.69, 9.17) is 4.74 Å². The third kappa shape index (κ3) is 1.71. The Balaban J connectivity index is 2.10. The van der Waals surface area contributed by atoms with Crippen molar-refractivity contribution in [1.82, 2.24) is 0 Å². The van der Waals surface area contributed by atoms with Gasteiger partial charge in [-0.1, -0.05) is 54.6 Å². The molecule has 0 saturated heterocycles. The summed E-state index contributed by atoms with van der Waals surface area (Å²) in [5.74, 6) is 0.739. The number of methoxy groups -OCH3 is 1. The van der Waals surface area contributed by atoms with Gasteiger partial charge in [0, 0.05) is 15.9 Å². The Kier molecular flexibility index (Phi) is 2.95. The summed E-state index contributed by atoms with van der Waals surface area (Å²) < 4.78 is 19.4. The highest BCUT2D eigenvalue weighted by molar-refractivity contribution is 7.86. The Labute approximate surface area is 129 Å². The number of rotatable bonds is 2. The Bertz CT molecular complexity index is 900. The quantitative estimate of drug-likeness (QED) is 0.531. The topological polar surface area (TPSA) is 26.3 Å². The minimum absolute atomic E-state index is 0.739. The summed E-state index contributed by atoms with van der Waals surface area (Å²) in [6.07, 6.45) is 0. The lowest BCUT2D eigenvalue weighted by molar-refractivity contribution is 0.415. The molecule has 0 saturated carbocycles. The van der Waals surface area contributed by atoms with Gasteiger partial charge in [0.2, 0.25) is 0 Å². The van der Waals surface area contributed by atoms with Gasteiger partial charge in [-0.2, -0.15) is 0 Å². The van der Waals surface area contributed by atoms with Gasteiger partial charge in [-0.25, -0.2) is 0 Å². The fourth-order valence-corrected chi connectivity index (χ4v) is 6.23. The minimum atomic E-state index is -2.82. The molecule has 1 aliphatic heterocycles. The lowest BCUT2D eigenvalue weighted by Gasteiger charge is -2.16. The van der Waals surface area contributed by atoms with Crippen molar-refractivity contribution in [2.45, 2.75) is 0 Å². The smallest absolute Gasteiger partial charge is 0.172 e. The Morgan fingerprint density at radius 2 is 1.45 bits per heavy atom. The zero-order valence-electron chi connectivity index (χ0n) is 12.2. The second-order valence-corrected chi connectivity index (χ2v) is 8.04. The molecule has 0 aromatic heterocycles. The highest BCUT2D eigenvalue weighted by Gasteiger charge is 2.40. The zero-order valence-corrected chi connectivity index (χ0v) is 13.1. The van der Waals surface area contributed by atoms with Gasteiger partial charge < -0.3 is 9.30 Å². The maximum absolute atomic E-state index is 14.1. The molecule has 0 bridgehead atoms. The van der Waals surface area contributed by atoms with E-state index in [-0.39, 0.29) is 0 Å². The minimum Gasteiger partial charge on any atom is -0.497 e. The number of hydrogen-bond donors (Lipinski definition) is 0. The molecule has 4 rings (SSSR count). The van der Waals surface area contributed by atoms with E-state index >= 15 is 0 Å². The summed E-state index contributed by atoms with van der Waals surface area (Å²) >= 11 is 0. The summed E-state index contributed by atoms with van der Waals surface area (Å²) in [5.41, 5.74) is 2.11. The van der Waals surface area contributed by atoms with E-state index in [1.807, 2.05) is 72.8 Å². The summed E-state index contributed by atoms with van der Waals surface area (Å²) in [5, 5.41) is 2.66. The average Bonchev–Trinajstić information content (AvgIpc) is 2.86. The van der Waals surface area contributed by atoms with Crippen molar-refractivity contribution < 1.29 is 9.30 Å². The van der Waals surface area contributed by atoms with Crippen molar-refractivity contribution in [3.05, 3.63) is 72.8 Å². The second-order valence-electron chi connectivity index (χ2n) is 5.35. The molecule has 0 N–H and O–H groups in total. The third-order valence-electron chi connectivity index (χ3n) is 4.20. The van der Waals surface area contributed by atoms with Crippen molar-refractivity contribution in [1.29, 1.82) is 0 Å². The van der Waals surface area contributed by atoms with Crippen molar-refractivity contribution in [3.63, 3.8) is 0 Å². The van der Waals surface area contributed by atoms with Crippen LogP contribution in [0.1, 0.15) is 0 Å². The van der Waals surface area contributed by atoms with E-state index in [0.717, 1.165) is 32.8 Å². The van der Waals surface area contributed by atoms with Crippen LogP contribution in [0.15, 0.2) is 72.8 Å². The first-order valence-corrected chi connectivity index (χ1v) is 8.90. The van der Waals surface area contributed by atoms with Gasteiger partial charge >= 0.3 is 0 Å². The molecule has 0 radical (unpaired) electrons. The molecule has 3 aromatic carbocycles. The van der Waals surface area contributed by atoms with Crippen LogP contribution in [0.2, 0.25) is 0 Å². The fraction of sp³-hybridized carbons (Fsp3) is 0.0526. The molecule has 22 heavy (non-hydrogen) atoms. The standard InChI is InChI=1S/C19H15O2P/c1-21-14-11-12-17-16-9-5-6-10-18(16)22(20,19(17)13-14)15-7-3-2-4-8-15/h2-13H,1H3/t22-/m1/s1. The van der Waals surface area contributed by atoms with E-state index in [0.29, 0.717) is 0 Å². The normalized spacial score (nSPS) is 18.6. The first kappa shape index (κ1) is 13.4. The fourth-order valence-electron chi connectivity index (χ4n) is 3.15. The van der Waals surface area contributed by atoms with Crippen molar-refractivity contribution >= 4 is 23.1 Å². The lowest BCUT2D eigenvalue weighted by Crippen LogP contribution is -2.20. The molecule has 0 unspecified atom stereocenters. The maximum atomic E-state index is 14.1. The van der Waals surface area contributed by atoms with Gasteiger partial charge in [0.05, 0.1) is 7.11 Å². The molecular formula is C19H15O2P. The molecule has 1 atom stereocenters. The number of ether oxygens (including phenoxy) is 1. The second kappa shape index (κ2) is 4.86. The molecule has 1 aliphatic rings. The molecule has 2 nitrogen and oxygen atoms in total. The van der Waals surface area contributed by atoms with E-state index in [1.54, 1.807) is 7.11 Å². The van der Waals surface area contributed by atoms with Crippen LogP contribution < -0.4 is 20.7 Å². The van der Waals surface area contributed by atoms with E-state index in [2.05, 4.69) is 0 Å². The van der Waals surface area contributed by atoms with Crippen LogP contribution in [-0.4, -0.2) is 7.11 Å². The van der Waals surface area contributed by atoms with E-state index < -0.39 is 7.14 Å². The highest BCUT2D eigenvalue weighted by Crippen LogP contribution is 2.52. The predicted molar refractivity (Wildman–Crippen MR) is 91.4 cm³/mol. The lowest BCUT2D eigenvalue weighted by atomic mass is 10.1. The molecule has 0 spiro atoms. The molecule has 0 amide bonds. The molecule has 108 valence electrons. The van der Waals surface area contributed by atoms with Gasteiger partial charge in [0.1, 0.15) is 5.75 Å². The largest absolute Gasteiger partial charge is 0.497 e. The van der Waals surface area contributed by atoms with Gasteiger partial charge in [-0.05, 0) is 29.3 Å². The van der Waals surface area contributed by atoms with Crippen LogP contribution in [0.4, 0.5) is 0 Å². The Morgan fingerprint density at radius 1 is 0.773 bits per heavy atom. The van der Waals surface area contributed by atoms with Crippen LogP contribution in [0.25, 0.3) is 11.1 Å². The Morgan fingerprint density at radius 3 is 2.23 bits per heavy atom. The maximum Gasteiger partial charge on any atom is 0.172 e. The van der Waals surface area contributed by atoms with Crippen LogP contribution >= 0.6 is 7.14 Å². The van der Waals surface area contributed by atoms with Crippen LogP contribution in [0.3, 0.4) is 0 Å². The van der Waals surface area contributed by atoms with Crippen LogP contribution in [-0.2, 0) is 4.57 Å². The first-order chi connectivity index (χ1) is 10.7. The monoisotopic (exact) mass is 306 g/mol. The SMILES string of the molecule is COc1ccc2c(c1)[P@@](=O)(c1ccccc1)c1ccccc1-2. The zero-order chi connectivity index (χ0) is 15.2. The number of hydrogen-bond acceptors (Lipinski definition) is 2. The van der Waals surface area contributed by atoms with Crippen LogP contribution in [0.5, 0.6) is 5.75 Å². The van der Waals surface area contributed by atoms with E-state index in [9.17, 15) is 4.57 Å². The van der Waals surface area contributed by atoms with Gasteiger partial charge in [0.15, 0.2) is 7.14 Å². The molecule has 0 aliphatic carbocycles. The molecule has 1 heterocycles. The van der Waals surface area contributed by atoms with Gasteiger partial charge in [-0.3, -0.25) is 0 Å². The summed E-state index contributed by atoms with van der Waals surface area (Å²) in [6, 6.07) is 23.6. The highest BCUT2D eigenvalue weighted by atomic mass is 31.2.